The molecule has 19 heavy (non-hydrogen) atoms. The van der Waals surface area contributed by atoms with Crippen molar-refractivity contribution in [3.63, 3.8) is 0 Å². The highest BCUT2D eigenvalue weighted by molar-refractivity contribution is 6.03. The van der Waals surface area contributed by atoms with Gasteiger partial charge in [-0.1, -0.05) is 0 Å². The van der Waals surface area contributed by atoms with E-state index in [2.05, 4.69) is 15.6 Å². The maximum atomic E-state index is 13.2. The van der Waals surface area contributed by atoms with E-state index in [4.69, 9.17) is 0 Å². The van der Waals surface area contributed by atoms with Crippen molar-refractivity contribution in [3.05, 3.63) is 53.6 Å². The van der Waals surface area contributed by atoms with Gasteiger partial charge in [0.15, 0.2) is 0 Å². The Bertz CT molecular complexity index is 593. The third-order valence-corrected chi connectivity index (χ3v) is 2.58. The molecule has 0 fully saturated rings. The van der Waals surface area contributed by atoms with Crippen molar-refractivity contribution in [1.29, 1.82) is 0 Å². The van der Waals surface area contributed by atoms with Crippen LogP contribution in [0.1, 0.15) is 16.1 Å². The molecule has 0 atom stereocenters. The Morgan fingerprint density at radius 3 is 2.68 bits per heavy atom. The van der Waals surface area contributed by atoms with Crippen LogP contribution in [0.4, 0.5) is 15.8 Å². The molecule has 0 radical (unpaired) electrons. The zero-order chi connectivity index (χ0) is 13.8. The number of pyridine rings is 1. The molecule has 1 aromatic carbocycles. The zero-order valence-electron chi connectivity index (χ0n) is 10.7. The Balaban J connectivity index is 2.20. The van der Waals surface area contributed by atoms with Gasteiger partial charge in [0.25, 0.3) is 5.91 Å². The summed E-state index contributed by atoms with van der Waals surface area (Å²) < 4.78 is 13.2. The number of amides is 1. The summed E-state index contributed by atoms with van der Waals surface area (Å²) in [5, 5.41) is 5.55. The second-order valence-corrected chi connectivity index (χ2v) is 4.15. The Labute approximate surface area is 110 Å². The van der Waals surface area contributed by atoms with Crippen molar-refractivity contribution >= 4 is 17.3 Å². The Hall–Kier alpha value is -2.43. The highest BCUT2D eigenvalue weighted by Gasteiger charge is 2.09. The van der Waals surface area contributed by atoms with Crippen molar-refractivity contribution in [2.75, 3.05) is 17.7 Å². The summed E-state index contributed by atoms with van der Waals surface area (Å²) in [5.74, 6) is -0.755. The number of aryl methyl sites for hydroxylation is 1. The lowest BCUT2D eigenvalue weighted by molar-refractivity contribution is 0.102. The first-order valence-corrected chi connectivity index (χ1v) is 5.81. The van der Waals surface area contributed by atoms with Crippen molar-refractivity contribution in [3.8, 4) is 0 Å². The maximum Gasteiger partial charge on any atom is 0.274 e. The monoisotopic (exact) mass is 259 g/mol. The van der Waals surface area contributed by atoms with E-state index in [0.717, 1.165) is 11.3 Å². The molecule has 0 unspecified atom stereocenters. The number of halogens is 1. The van der Waals surface area contributed by atoms with Gasteiger partial charge in [-0.05, 0) is 42.8 Å². The summed E-state index contributed by atoms with van der Waals surface area (Å²) in [6, 6.07) is 7.75. The molecule has 0 saturated carbocycles. The summed E-state index contributed by atoms with van der Waals surface area (Å²) in [5.41, 5.74) is 2.22. The SMILES string of the molecule is CNc1ccnc(C(=O)Nc2cc(C)cc(F)c2)c1. The van der Waals surface area contributed by atoms with Gasteiger partial charge in [-0.25, -0.2) is 4.39 Å². The molecule has 4 nitrogen and oxygen atoms in total. The second kappa shape index (κ2) is 5.48. The van der Waals surface area contributed by atoms with Crippen LogP contribution in [0.15, 0.2) is 36.5 Å². The van der Waals surface area contributed by atoms with Gasteiger partial charge in [0, 0.05) is 24.6 Å². The standard InChI is InChI=1S/C14H14FN3O/c1-9-5-10(15)7-12(6-9)18-14(19)13-8-11(16-2)3-4-17-13/h3-8H,1-2H3,(H,16,17)(H,18,19). The van der Waals surface area contributed by atoms with Crippen molar-refractivity contribution in [2.24, 2.45) is 0 Å². The Kier molecular flexibility index (Phi) is 3.75. The quantitative estimate of drug-likeness (QED) is 0.891. The van der Waals surface area contributed by atoms with Gasteiger partial charge in [-0.2, -0.15) is 0 Å². The molecule has 98 valence electrons. The smallest absolute Gasteiger partial charge is 0.274 e. The third-order valence-electron chi connectivity index (χ3n) is 2.58. The first-order valence-electron chi connectivity index (χ1n) is 5.81. The van der Waals surface area contributed by atoms with E-state index in [-0.39, 0.29) is 17.4 Å². The van der Waals surface area contributed by atoms with Gasteiger partial charge in [0.1, 0.15) is 11.5 Å². The number of rotatable bonds is 3. The minimum Gasteiger partial charge on any atom is -0.388 e. The van der Waals surface area contributed by atoms with Crippen LogP contribution in [0.3, 0.4) is 0 Å². The molecule has 0 saturated heterocycles. The molecule has 2 rings (SSSR count). The first-order chi connectivity index (χ1) is 9.08. The molecule has 0 bridgehead atoms. The van der Waals surface area contributed by atoms with Crippen LogP contribution in [0.5, 0.6) is 0 Å². The predicted octanol–water partition coefficient (Wildman–Crippen LogP) is 2.82. The molecule has 1 amide bonds. The van der Waals surface area contributed by atoms with Gasteiger partial charge in [0.05, 0.1) is 0 Å². The maximum absolute atomic E-state index is 13.2. The number of anilines is 2. The molecule has 5 heteroatoms. The van der Waals surface area contributed by atoms with Gasteiger partial charge in [-0.15, -0.1) is 0 Å². The number of benzene rings is 1. The number of carbonyl (C=O) groups excluding carboxylic acids is 1. The molecule has 0 spiro atoms. The van der Waals surface area contributed by atoms with E-state index in [0.29, 0.717) is 5.69 Å². The predicted molar refractivity (Wildman–Crippen MR) is 72.9 cm³/mol. The number of hydrogen-bond donors (Lipinski definition) is 2. The lowest BCUT2D eigenvalue weighted by Gasteiger charge is -2.07. The van der Waals surface area contributed by atoms with Crippen LogP contribution in [0, 0.1) is 12.7 Å². The first kappa shape index (κ1) is 13.0. The molecule has 2 N–H and O–H groups in total. The summed E-state index contributed by atoms with van der Waals surface area (Å²) in [6.07, 6.45) is 1.54. The number of carbonyl (C=O) groups is 1. The summed E-state index contributed by atoms with van der Waals surface area (Å²) in [4.78, 5) is 16.0. The normalized spacial score (nSPS) is 10.1. The fourth-order valence-corrected chi connectivity index (χ4v) is 1.71. The van der Waals surface area contributed by atoms with Crippen LogP contribution in [0.25, 0.3) is 0 Å². The van der Waals surface area contributed by atoms with E-state index in [9.17, 15) is 9.18 Å². The Morgan fingerprint density at radius 2 is 2.00 bits per heavy atom. The van der Waals surface area contributed by atoms with Crippen LogP contribution < -0.4 is 10.6 Å². The van der Waals surface area contributed by atoms with E-state index in [1.807, 2.05) is 0 Å². The van der Waals surface area contributed by atoms with E-state index in [1.54, 1.807) is 32.2 Å². The number of hydrogen-bond acceptors (Lipinski definition) is 3. The van der Waals surface area contributed by atoms with Crippen molar-refractivity contribution in [1.82, 2.24) is 4.98 Å². The van der Waals surface area contributed by atoms with E-state index < -0.39 is 0 Å². The highest BCUT2D eigenvalue weighted by Crippen LogP contribution is 2.15. The summed E-state index contributed by atoms with van der Waals surface area (Å²) in [6.45, 7) is 1.76. The average molecular weight is 259 g/mol. The zero-order valence-corrected chi connectivity index (χ0v) is 10.7. The second-order valence-electron chi connectivity index (χ2n) is 4.15. The molecule has 0 aliphatic rings. The molecular weight excluding hydrogens is 245 g/mol. The van der Waals surface area contributed by atoms with E-state index >= 15 is 0 Å². The van der Waals surface area contributed by atoms with Crippen LogP contribution in [-0.2, 0) is 0 Å². The molecular formula is C14H14FN3O. The van der Waals surface area contributed by atoms with Crippen LogP contribution >= 0.6 is 0 Å². The molecule has 1 heterocycles. The summed E-state index contributed by atoms with van der Waals surface area (Å²) in [7, 11) is 1.76. The van der Waals surface area contributed by atoms with Crippen molar-refractivity contribution < 1.29 is 9.18 Å². The minimum atomic E-state index is -0.382. The Morgan fingerprint density at radius 1 is 1.21 bits per heavy atom. The fourth-order valence-electron chi connectivity index (χ4n) is 1.71. The highest BCUT2D eigenvalue weighted by atomic mass is 19.1. The number of aromatic nitrogens is 1. The average Bonchev–Trinajstić information content (AvgIpc) is 2.37. The van der Waals surface area contributed by atoms with Gasteiger partial charge in [0.2, 0.25) is 0 Å². The fraction of sp³-hybridized carbons (Fsp3) is 0.143. The lowest BCUT2D eigenvalue weighted by atomic mass is 10.2. The molecule has 0 aliphatic carbocycles. The molecule has 0 aliphatic heterocycles. The van der Waals surface area contributed by atoms with Crippen molar-refractivity contribution in [2.45, 2.75) is 6.92 Å². The number of nitrogens with one attached hydrogen (secondary N) is 2. The topological polar surface area (TPSA) is 54.0 Å². The molecule has 1 aromatic heterocycles. The van der Waals surface area contributed by atoms with Gasteiger partial charge >= 0.3 is 0 Å². The van der Waals surface area contributed by atoms with Crippen LogP contribution in [-0.4, -0.2) is 17.9 Å². The minimum absolute atomic E-state index is 0.272. The third kappa shape index (κ3) is 3.28. The van der Waals surface area contributed by atoms with E-state index in [1.165, 1.54) is 18.3 Å². The molecule has 2 aromatic rings. The lowest BCUT2D eigenvalue weighted by Crippen LogP contribution is -2.14. The van der Waals surface area contributed by atoms with Crippen LogP contribution in [0.2, 0.25) is 0 Å². The van der Waals surface area contributed by atoms with Gasteiger partial charge in [-0.3, -0.25) is 9.78 Å². The largest absolute Gasteiger partial charge is 0.388 e. The summed E-state index contributed by atoms with van der Waals surface area (Å²) >= 11 is 0. The number of nitrogens with zero attached hydrogens (tertiary/aromatic N) is 1. The van der Waals surface area contributed by atoms with Gasteiger partial charge < -0.3 is 10.6 Å².